The van der Waals surface area contributed by atoms with E-state index in [0.29, 0.717) is 24.9 Å². The summed E-state index contributed by atoms with van der Waals surface area (Å²) in [4.78, 5) is 32.0. The first-order valence-corrected chi connectivity index (χ1v) is 7.67. The van der Waals surface area contributed by atoms with Gasteiger partial charge in [0.15, 0.2) is 0 Å². The van der Waals surface area contributed by atoms with Gasteiger partial charge in [0.05, 0.1) is 30.0 Å². The number of fused-ring (bicyclic) bond motifs is 1. The zero-order valence-electron chi connectivity index (χ0n) is 13.5. The Kier molecular flexibility index (Phi) is 3.34. The fraction of sp³-hybridized carbons (Fsp3) is 0.235. The van der Waals surface area contributed by atoms with Crippen LogP contribution >= 0.6 is 0 Å². The largest absolute Gasteiger partial charge is 0.330 e. The van der Waals surface area contributed by atoms with Crippen molar-refractivity contribution in [1.29, 1.82) is 0 Å². The number of rotatable bonds is 2. The summed E-state index contributed by atoms with van der Waals surface area (Å²) in [6.45, 7) is 2.86. The van der Waals surface area contributed by atoms with Crippen molar-refractivity contribution in [1.82, 2.24) is 24.5 Å². The van der Waals surface area contributed by atoms with Crippen molar-refractivity contribution in [2.75, 3.05) is 4.90 Å². The second-order valence-corrected chi connectivity index (χ2v) is 5.79. The molecule has 0 saturated heterocycles. The van der Waals surface area contributed by atoms with Crippen molar-refractivity contribution >= 4 is 5.95 Å². The monoisotopic (exact) mass is 320 g/mol. The van der Waals surface area contributed by atoms with E-state index in [2.05, 4.69) is 19.9 Å². The third kappa shape index (κ3) is 2.34. The molecule has 0 radical (unpaired) electrons. The average molecular weight is 320 g/mol. The second-order valence-electron chi connectivity index (χ2n) is 5.79. The third-order valence-corrected chi connectivity index (χ3v) is 4.27. The zero-order chi connectivity index (χ0) is 16.7. The first-order valence-electron chi connectivity index (χ1n) is 7.67. The van der Waals surface area contributed by atoms with Gasteiger partial charge in [-0.3, -0.25) is 14.3 Å². The highest BCUT2D eigenvalue weighted by Gasteiger charge is 2.26. The lowest BCUT2D eigenvalue weighted by molar-refractivity contribution is 0.754. The molecule has 0 bridgehead atoms. The van der Waals surface area contributed by atoms with Gasteiger partial charge in [0.2, 0.25) is 5.95 Å². The molecule has 120 valence electrons. The van der Waals surface area contributed by atoms with Crippen LogP contribution in [0.15, 0.2) is 41.6 Å². The molecule has 0 aliphatic carbocycles. The van der Waals surface area contributed by atoms with Crippen molar-refractivity contribution in [2.45, 2.75) is 20.0 Å². The standard InChI is InChI=1S/C17H16N6O/c1-11-20-15-10-23(9-13(15)16(24)22(11)2)17-19-7-5-14(21-17)12-4-3-6-18-8-12/h3-8H,9-10H2,1-2H3. The lowest BCUT2D eigenvalue weighted by Gasteiger charge is -2.15. The smallest absolute Gasteiger partial charge is 0.258 e. The summed E-state index contributed by atoms with van der Waals surface area (Å²) in [5.41, 5.74) is 3.27. The minimum atomic E-state index is 0.00316. The van der Waals surface area contributed by atoms with Gasteiger partial charge in [0, 0.05) is 31.2 Å². The fourth-order valence-corrected chi connectivity index (χ4v) is 2.85. The van der Waals surface area contributed by atoms with Crippen LogP contribution in [0, 0.1) is 6.92 Å². The Hall–Kier alpha value is -3.09. The summed E-state index contributed by atoms with van der Waals surface area (Å²) < 4.78 is 1.58. The summed E-state index contributed by atoms with van der Waals surface area (Å²) in [6.07, 6.45) is 5.22. The molecule has 0 aromatic carbocycles. The Balaban J connectivity index is 1.69. The van der Waals surface area contributed by atoms with Gasteiger partial charge >= 0.3 is 0 Å². The average Bonchev–Trinajstić information content (AvgIpc) is 3.05. The zero-order valence-corrected chi connectivity index (χ0v) is 13.5. The molecule has 7 nitrogen and oxygen atoms in total. The van der Waals surface area contributed by atoms with Gasteiger partial charge in [-0.25, -0.2) is 15.0 Å². The normalized spacial score (nSPS) is 13.2. The van der Waals surface area contributed by atoms with E-state index in [1.165, 1.54) is 0 Å². The van der Waals surface area contributed by atoms with E-state index in [0.717, 1.165) is 22.5 Å². The quantitative estimate of drug-likeness (QED) is 0.711. The number of aryl methyl sites for hydroxylation is 1. The van der Waals surface area contributed by atoms with E-state index in [9.17, 15) is 4.79 Å². The lowest BCUT2D eigenvalue weighted by Crippen LogP contribution is -2.25. The van der Waals surface area contributed by atoms with Gasteiger partial charge in [-0.05, 0) is 25.1 Å². The highest BCUT2D eigenvalue weighted by atomic mass is 16.1. The van der Waals surface area contributed by atoms with Crippen LogP contribution in [0.4, 0.5) is 5.95 Å². The molecule has 0 atom stereocenters. The summed E-state index contributed by atoms with van der Waals surface area (Å²) in [5, 5.41) is 0. The Bertz CT molecular complexity index is 967. The maximum absolute atomic E-state index is 12.4. The summed E-state index contributed by atoms with van der Waals surface area (Å²) >= 11 is 0. The van der Waals surface area contributed by atoms with E-state index in [1.807, 2.05) is 30.0 Å². The molecule has 0 amide bonds. The topological polar surface area (TPSA) is 76.8 Å². The lowest BCUT2D eigenvalue weighted by atomic mass is 10.2. The van der Waals surface area contributed by atoms with Gasteiger partial charge in [0.25, 0.3) is 5.56 Å². The van der Waals surface area contributed by atoms with Crippen LogP contribution in [-0.4, -0.2) is 24.5 Å². The van der Waals surface area contributed by atoms with Crippen LogP contribution in [0.1, 0.15) is 17.1 Å². The first kappa shape index (κ1) is 14.5. The van der Waals surface area contributed by atoms with Crippen molar-refractivity contribution in [3.63, 3.8) is 0 Å². The molecule has 0 saturated carbocycles. The van der Waals surface area contributed by atoms with Crippen LogP contribution in [-0.2, 0) is 20.1 Å². The summed E-state index contributed by atoms with van der Waals surface area (Å²) in [6, 6.07) is 5.68. The molecule has 3 aromatic rings. The summed E-state index contributed by atoms with van der Waals surface area (Å²) in [7, 11) is 1.74. The van der Waals surface area contributed by atoms with Crippen molar-refractivity contribution in [3.8, 4) is 11.3 Å². The Morgan fingerprint density at radius 1 is 1.12 bits per heavy atom. The van der Waals surface area contributed by atoms with Crippen molar-refractivity contribution in [2.24, 2.45) is 7.05 Å². The highest BCUT2D eigenvalue weighted by molar-refractivity contribution is 5.59. The molecule has 0 unspecified atom stereocenters. The van der Waals surface area contributed by atoms with Crippen LogP contribution in [0.2, 0.25) is 0 Å². The SMILES string of the molecule is Cc1nc2c(c(=O)n1C)CN(c1nccc(-c3cccnc3)n1)C2. The maximum Gasteiger partial charge on any atom is 0.258 e. The van der Waals surface area contributed by atoms with Gasteiger partial charge in [0.1, 0.15) is 5.82 Å². The minimum Gasteiger partial charge on any atom is -0.330 e. The molecule has 7 heteroatoms. The number of hydrogen-bond donors (Lipinski definition) is 0. The Morgan fingerprint density at radius 3 is 2.79 bits per heavy atom. The molecular weight excluding hydrogens is 304 g/mol. The predicted molar refractivity (Wildman–Crippen MR) is 89.4 cm³/mol. The van der Waals surface area contributed by atoms with E-state index in [4.69, 9.17) is 0 Å². The third-order valence-electron chi connectivity index (χ3n) is 4.27. The Labute approximate surface area is 138 Å². The number of anilines is 1. The maximum atomic E-state index is 12.4. The molecule has 3 aromatic heterocycles. The van der Waals surface area contributed by atoms with Crippen LogP contribution in [0.5, 0.6) is 0 Å². The molecule has 0 spiro atoms. The van der Waals surface area contributed by atoms with Gasteiger partial charge in [-0.1, -0.05) is 0 Å². The summed E-state index contributed by atoms with van der Waals surface area (Å²) in [5.74, 6) is 1.31. The highest BCUT2D eigenvalue weighted by Crippen LogP contribution is 2.24. The number of nitrogens with zero attached hydrogens (tertiary/aromatic N) is 6. The van der Waals surface area contributed by atoms with Crippen LogP contribution in [0.25, 0.3) is 11.3 Å². The molecule has 24 heavy (non-hydrogen) atoms. The van der Waals surface area contributed by atoms with Gasteiger partial charge < -0.3 is 4.90 Å². The number of hydrogen-bond acceptors (Lipinski definition) is 6. The molecule has 0 N–H and O–H groups in total. The van der Waals surface area contributed by atoms with E-state index < -0.39 is 0 Å². The van der Waals surface area contributed by atoms with Crippen LogP contribution < -0.4 is 10.5 Å². The van der Waals surface area contributed by atoms with E-state index >= 15 is 0 Å². The van der Waals surface area contributed by atoms with Crippen molar-refractivity contribution in [3.05, 3.63) is 64.2 Å². The minimum absolute atomic E-state index is 0.00316. The van der Waals surface area contributed by atoms with E-state index in [-0.39, 0.29) is 5.56 Å². The Morgan fingerprint density at radius 2 is 2.00 bits per heavy atom. The van der Waals surface area contributed by atoms with Gasteiger partial charge in [-0.2, -0.15) is 0 Å². The molecule has 0 fully saturated rings. The number of aromatic nitrogens is 5. The first-order chi connectivity index (χ1) is 11.6. The number of pyridine rings is 1. The molecule has 1 aliphatic rings. The fourth-order valence-electron chi connectivity index (χ4n) is 2.85. The van der Waals surface area contributed by atoms with Crippen molar-refractivity contribution < 1.29 is 0 Å². The molecule has 4 rings (SSSR count). The molecule has 1 aliphatic heterocycles. The molecular formula is C17H16N6O. The molecule has 4 heterocycles. The van der Waals surface area contributed by atoms with Gasteiger partial charge in [-0.15, -0.1) is 0 Å². The van der Waals surface area contributed by atoms with Crippen LogP contribution in [0.3, 0.4) is 0 Å². The second kappa shape index (κ2) is 5.52. The van der Waals surface area contributed by atoms with E-state index in [1.54, 1.807) is 30.2 Å². The predicted octanol–water partition coefficient (Wildman–Crippen LogP) is 1.46.